The molecule has 1 N–H and O–H groups in total. The molecule has 0 radical (unpaired) electrons. The van der Waals surface area contributed by atoms with Crippen LogP contribution in [0.15, 0.2) is 66.7 Å². The Morgan fingerprint density at radius 3 is 2.13 bits per heavy atom. The van der Waals surface area contributed by atoms with Gasteiger partial charge in [0.25, 0.3) is 5.91 Å². The van der Waals surface area contributed by atoms with Gasteiger partial charge in [0.1, 0.15) is 23.0 Å². The zero-order valence-electron chi connectivity index (χ0n) is 17.5. The number of benzene rings is 3. The molecule has 7 nitrogen and oxygen atoms in total. The molecule has 0 unspecified atom stereocenters. The monoisotopic (exact) mass is 421 g/mol. The lowest BCUT2D eigenvalue weighted by Gasteiger charge is -2.14. The van der Waals surface area contributed by atoms with Crippen molar-refractivity contribution < 1.29 is 28.5 Å². The molecule has 160 valence electrons. The quantitative estimate of drug-likeness (QED) is 0.527. The van der Waals surface area contributed by atoms with Crippen molar-refractivity contribution in [1.82, 2.24) is 0 Å². The number of ketones is 1. The Bertz CT molecular complexity index is 1060. The zero-order chi connectivity index (χ0) is 22.2. The summed E-state index contributed by atoms with van der Waals surface area (Å²) in [7, 11) is 4.55. The van der Waals surface area contributed by atoms with Crippen molar-refractivity contribution >= 4 is 17.4 Å². The molecule has 0 aromatic heterocycles. The van der Waals surface area contributed by atoms with Crippen LogP contribution in [0, 0.1) is 0 Å². The second-order valence-electron chi connectivity index (χ2n) is 6.46. The number of anilines is 1. The van der Waals surface area contributed by atoms with E-state index in [1.165, 1.54) is 21.3 Å². The first-order chi connectivity index (χ1) is 15.0. The first kappa shape index (κ1) is 21.7. The molecule has 0 bridgehead atoms. The van der Waals surface area contributed by atoms with Crippen LogP contribution in [-0.2, 0) is 4.79 Å². The van der Waals surface area contributed by atoms with Crippen molar-refractivity contribution in [2.45, 2.75) is 0 Å². The highest BCUT2D eigenvalue weighted by Crippen LogP contribution is 2.30. The van der Waals surface area contributed by atoms with Crippen LogP contribution < -0.4 is 24.3 Å². The molecule has 0 aliphatic rings. The number of carbonyl (C=O) groups is 2. The molecule has 3 aromatic carbocycles. The van der Waals surface area contributed by atoms with Gasteiger partial charge in [-0.1, -0.05) is 30.3 Å². The maximum Gasteiger partial charge on any atom is 0.262 e. The number of hydrogen-bond donors (Lipinski definition) is 1. The lowest BCUT2D eigenvalue weighted by molar-refractivity contribution is -0.118. The minimum Gasteiger partial charge on any atom is -0.497 e. The summed E-state index contributed by atoms with van der Waals surface area (Å²) in [6, 6.07) is 18.8. The van der Waals surface area contributed by atoms with Gasteiger partial charge in [-0.15, -0.1) is 0 Å². The molecule has 0 aliphatic carbocycles. The maximum absolute atomic E-state index is 12.9. The standard InChI is InChI=1S/C24H23NO6/c1-28-17-10-12-21(30-3)20(13-17)25-23(26)15-31-22-14-18(29-2)9-11-19(22)24(27)16-7-5-4-6-8-16/h4-14H,15H2,1-3H3,(H,25,26). The summed E-state index contributed by atoms with van der Waals surface area (Å²) in [6.45, 7) is -0.317. The fraction of sp³-hybridized carbons (Fsp3) is 0.167. The number of amides is 1. The topological polar surface area (TPSA) is 83.1 Å². The Morgan fingerprint density at radius 2 is 1.45 bits per heavy atom. The van der Waals surface area contributed by atoms with Crippen molar-refractivity contribution in [1.29, 1.82) is 0 Å². The molecule has 7 heteroatoms. The Labute approximate surface area is 180 Å². The Hall–Kier alpha value is -4.00. The van der Waals surface area contributed by atoms with E-state index in [2.05, 4.69) is 5.32 Å². The molecule has 0 saturated heterocycles. The molecule has 0 fully saturated rings. The Kier molecular flexibility index (Phi) is 7.11. The lowest BCUT2D eigenvalue weighted by atomic mass is 10.0. The van der Waals surface area contributed by atoms with Crippen LogP contribution in [0.1, 0.15) is 15.9 Å². The predicted molar refractivity (Wildman–Crippen MR) is 117 cm³/mol. The van der Waals surface area contributed by atoms with Crippen LogP contribution in [0.4, 0.5) is 5.69 Å². The van der Waals surface area contributed by atoms with E-state index in [-0.39, 0.29) is 18.1 Å². The number of rotatable bonds is 9. The van der Waals surface area contributed by atoms with Gasteiger partial charge in [0.15, 0.2) is 12.4 Å². The van der Waals surface area contributed by atoms with Gasteiger partial charge in [0.2, 0.25) is 0 Å². The summed E-state index contributed by atoms with van der Waals surface area (Å²) in [6.07, 6.45) is 0. The normalized spacial score (nSPS) is 10.2. The number of ether oxygens (including phenoxy) is 4. The number of methoxy groups -OCH3 is 3. The fourth-order valence-corrected chi connectivity index (χ4v) is 2.92. The van der Waals surface area contributed by atoms with E-state index in [0.29, 0.717) is 34.1 Å². The van der Waals surface area contributed by atoms with E-state index in [9.17, 15) is 9.59 Å². The third-order valence-corrected chi connectivity index (χ3v) is 4.51. The molecule has 0 heterocycles. The van der Waals surface area contributed by atoms with Crippen LogP contribution in [0.25, 0.3) is 0 Å². The molecule has 1 amide bonds. The van der Waals surface area contributed by atoms with E-state index in [0.717, 1.165) is 0 Å². The van der Waals surface area contributed by atoms with Gasteiger partial charge in [0, 0.05) is 17.7 Å². The van der Waals surface area contributed by atoms with Crippen LogP contribution in [0.5, 0.6) is 23.0 Å². The molecular formula is C24H23NO6. The Balaban J connectivity index is 1.78. The smallest absolute Gasteiger partial charge is 0.262 e. The largest absolute Gasteiger partial charge is 0.497 e. The third-order valence-electron chi connectivity index (χ3n) is 4.51. The molecule has 0 saturated carbocycles. The van der Waals surface area contributed by atoms with Gasteiger partial charge >= 0.3 is 0 Å². The van der Waals surface area contributed by atoms with E-state index in [1.807, 2.05) is 6.07 Å². The minimum absolute atomic E-state index is 0.215. The first-order valence-electron chi connectivity index (χ1n) is 9.48. The predicted octanol–water partition coefficient (Wildman–Crippen LogP) is 3.96. The third kappa shape index (κ3) is 5.33. The average molecular weight is 421 g/mol. The summed E-state index contributed by atoms with van der Waals surface area (Å²) in [4.78, 5) is 25.4. The second kappa shape index (κ2) is 10.2. The summed E-state index contributed by atoms with van der Waals surface area (Å²) in [5.41, 5.74) is 1.29. The Morgan fingerprint density at radius 1 is 0.774 bits per heavy atom. The van der Waals surface area contributed by atoms with Crippen LogP contribution in [0.3, 0.4) is 0 Å². The molecule has 0 atom stereocenters. The zero-order valence-corrected chi connectivity index (χ0v) is 17.5. The number of nitrogens with one attached hydrogen (secondary N) is 1. The highest BCUT2D eigenvalue weighted by molar-refractivity contribution is 6.10. The molecule has 3 rings (SSSR count). The number of hydrogen-bond acceptors (Lipinski definition) is 6. The fourth-order valence-electron chi connectivity index (χ4n) is 2.92. The van der Waals surface area contributed by atoms with Gasteiger partial charge in [0.05, 0.1) is 32.6 Å². The van der Waals surface area contributed by atoms with Crippen molar-refractivity contribution in [3.8, 4) is 23.0 Å². The van der Waals surface area contributed by atoms with Crippen molar-refractivity contribution in [2.24, 2.45) is 0 Å². The van der Waals surface area contributed by atoms with E-state index >= 15 is 0 Å². The average Bonchev–Trinajstić information content (AvgIpc) is 2.82. The van der Waals surface area contributed by atoms with Crippen molar-refractivity contribution in [3.05, 3.63) is 77.9 Å². The summed E-state index contributed by atoms with van der Waals surface area (Å²) in [5, 5.41) is 2.73. The van der Waals surface area contributed by atoms with Crippen LogP contribution in [-0.4, -0.2) is 39.6 Å². The highest BCUT2D eigenvalue weighted by Gasteiger charge is 2.17. The van der Waals surface area contributed by atoms with E-state index in [1.54, 1.807) is 60.7 Å². The molecule has 0 spiro atoms. The van der Waals surface area contributed by atoms with Gasteiger partial charge in [-0.2, -0.15) is 0 Å². The van der Waals surface area contributed by atoms with Crippen molar-refractivity contribution in [2.75, 3.05) is 33.3 Å². The lowest BCUT2D eigenvalue weighted by Crippen LogP contribution is -2.21. The maximum atomic E-state index is 12.9. The molecule has 31 heavy (non-hydrogen) atoms. The molecule has 0 aliphatic heterocycles. The second-order valence-corrected chi connectivity index (χ2v) is 6.46. The van der Waals surface area contributed by atoms with Gasteiger partial charge in [-0.3, -0.25) is 9.59 Å². The van der Waals surface area contributed by atoms with Gasteiger partial charge < -0.3 is 24.3 Å². The summed E-state index contributed by atoms with van der Waals surface area (Å²) >= 11 is 0. The number of carbonyl (C=O) groups excluding carboxylic acids is 2. The van der Waals surface area contributed by atoms with Crippen LogP contribution >= 0.6 is 0 Å². The van der Waals surface area contributed by atoms with Crippen molar-refractivity contribution in [3.63, 3.8) is 0 Å². The van der Waals surface area contributed by atoms with Gasteiger partial charge in [-0.05, 0) is 24.3 Å². The molecule has 3 aromatic rings. The minimum atomic E-state index is -0.424. The molecular weight excluding hydrogens is 398 g/mol. The first-order valence-corrected chi connectivity index (χ1v) is 9.48. The summed E-state index contributed by atoms with van der Waals surface area (Å²) in [5.74, 6) is 1.17. The van der Waals surface area contributed by atoms with E-state index in [4.69, 9.17) is 18.9 Å². The SMILES string of the molecule is COc1ccc(OC)c(NC(=O)COc2cc(OC)ccc2C(=O)c2ccccc2)c1. The summed E-state index contributed by atoms with van der Waals surface area (Å²) < 4.78 is 21.4. The van der Waals surface area contributed by atoms with Crippen LogP contribution in [0.2, 0.25) is 0 Å². The van der Waals surface area contributed by atoms with Gasteiger partial charge in [-0.25, -0.2) is 0 Å². The van der Waals surface area contributed by atoms with E-state index < -0.39 is 5.91 Å². The highest BCUT2D eigenvalue weighted by atomic mass is 16.5.